The molecule has 2 atom stereocenters. The smallest absolute Gasteiger partial charge is 0.0680 e. The Morgan fingerprint density at radius 2 is 1.28 bits per heavy atom. The Balaban J connectivity index is 2.18. The lowest BCUT2D eigenvalue weighted by Gasteiger charge is -2.02. The second-order valence-corrected chi connectivity index (χ2v) is 4.51. The van der Waals surface area contributed by atoms with Crippen molar-refractivity contribution in [1.82, 2.24) is 0 Å². The molecule has 2 heterocycles. The number of hydrogen-bond donors (Lipinski definition) is 0. The van der Waals surface area contributed by atoms with E-state index in [9.17, 15) is 0 Å². The van der Waals surface area contributed by atoms with Crippen molar-refractivity contribution < 1.29 is 0 Å². The monoisotopic (exact) mass is 240 g/mol. The lowest BCUT2D eigenvalue weighted by Crippen LogP contribution is -1.95. The molecule has 0 fully saturated rings. The van der Waals surface area contributed by atoms with Crippen LogP contribution in [0.1, 0.15) is 26.7 Å². The van der Waals surface area contributed by atoms with Gasteiger partial charge in [0, 0.05) is 12.4 Å². The van der Waals surface area contributed by atoms with Crippen molar-refractivity contribution >= 4 is 12.4 Å². The Morgan fingerprint density at radius 3 is 1.67 bits per heavy atom. The highest BCUT2D eigenvalue weighted by atomic mass is 14.8. The topological polar surface area (TPSA) is 24.7 Å². The van der Waals surface area contributed by atoms with Gasteiger partial charge in [0.25, 0.3) is 0 Å². The minimum Gasteiger partial charge on any atom is -0.286 e. The molecule has 0 aromatic carbocycles. The molecule has 2 unspecified atom stereocenters. The predicted molar refractivity (Wildman–Crippen MR) is 79.6 cm³/mol. The van der Waals surface area contributed by atoms with Crippen LogP contribution in [0, 0.1) is 0 Å². The predicted octanol–water partition coefficient (Wildman–Crippen LogP) is 3.68. The summed E-state index contributed by atoms with van der Waals surface area (Å²) in [6, 6.07) is 0.623. The molecule has 2 aliphatic heterocycles. The van der Waals surface area contributed by atoms with Crippen molar-refractivity contribution in [2.24, 2.45) is 9.98 Å². The van der Waals surface area contributed by atoms with E-state index in [2.05, 4.69) is 60.3 Å². The maximum atomic E-state index is 4.47. The van der Waals surface area contributed by atoms with E-state index in [-0.39, 0.29) is 0 Å². The Kier molecular flexibility index (Phi) is 4.46. The van der Waals surface area contributed by atoms with Crippen LogP contribution in [-0.4, -0.2) is 24.5 Å². The first-order valence-corrected chi connectivity index (χ1v) is 6.67. The molecular weight excluding hydrogens is 220 g/mol. The zero-order chi connectivity index (χ0) is 12.8. The molecule has 0 aromatic rings. The maximum absolute atomic E-state index is 4.47. The van der Waals surface area contributed by atoms with Gasteiger partial charge in [0.15, 0.2) is 0 Å². The molecule has 0 saturated carbocycles. The average Bonchev–Trinajstić information content (AvgIpc) is 2.78. The van der Waals surface area contributed by atoms with Gasteiger partial charge >= 0.3 is 0 Å². The number of nitrogens with zero attached hydrogens (tertiary/aromatic N) is 2. The van der Waals surface area contributed by atoms with E-state index in [1.54, 1.807) is 0 Å². The van der Waals surface area contributed by atoms with Gasteiger partial charge in [0.2, 0.25) is 0 Å². The third-order valence-corrected chi connectivity index (χ3v) is 3.23. The van der Waals surface area contributed by atoms with Crippen LogP contribution >= 0.6 is 0 Å². The van der Waals surface area contributed by atoms with Crippen LogP contribution in [0.15, 0.2) is 57.6 Å². The number of allylic oxidation sites excluding steroid dienone is 6. The summed E-state index contributed by atoms with van der Waals surface area (Å²) in [7, 11) is 0. The van der Waals surface area contributed by atoms with Crippen LogP contribution in [0.4, 0.5) is 0 Å². The average molecular weight is 240 g/mol. The Bertz CT molecular complexity index is 417. The molecule has 18 heavy (non-hydrogen) atoms. The summed E-state index contributed by atoms with van der Waals surface area (Å²) < 4.78 is 0. The fraction of sp³-hybridized carbons (Fsp3) is 0.375. The zero-order valence-corrected chi connectivity index (χ0v) is 11.1. The lowest BCUT2D eigenvalue weighted by molar-refractivity contribution is 0.789. The first kappa shape index (κ1) is 12.7. The maximum Gasteiger partial charge on any atom is 0.0680 e. The number of rotatable bonds is 3. The van der Waals surface area contributed by atoms with Gasteiger partial charge < -0.3 is 0 Å². The highest BCUT2D eigenvalue weighted by Crippen LogP contribution is 2.18. The molecule has 94 valence electrons. The third-order valence-electron chi connectivity index (χ3n) is 3.23. The summed E-state index contributed by atoms with van der Waals surface area (Å²) in [6.07, 6.45) is 18.7. The summed E-state index contributed by atoms with van der Waals surface area (Å²) in [4.78, 5) is 8.94. The first-order chi connectivity index (χ1) is 8.83. The van der Waals surface area contributed by atoms with E-state index < -0.39 is 0 Å². The molecule has 0 saturated heterocycles. The third kappa shape index (κ3) is 3.16. The molecular formula is C16H20N2. The van der Waals surface area contributed by atoms with Gasteiger partial charge in [0.1, 0.15) is 0 Å². The Morgan fingerprint density at radius 1 is 0.833 bits per heavy atom. The molecule has 2 aliphatic rings. The quantitative estimate of drug-likeness (QED) is 0.719. The van der Waals surface area contributed by atoms with Crippen molar-refractivity contribution in [2.75, 3.05) is 0 Å². The minimum atomic E-state index is 0.311. The zero-order valence-electron chi connectivity index (χ0n) is 11.1. The molecule has 0 radical (unpaired) electrons. The molecule has 2 nitrogen and oxygen atoms in total. The van der Waals surface area contributed by atoms with Gasteiger partial charge in [-0.2, -0.15) is 0 Å². The molecule has 0 aliphatic carbocycles. The van der Waals surface area contributed by atoms with E-state index in [0.29, 0.717) is 12.1 Å². The number of aliphatic imine (C=N–C) groups is 2. The highest BCUT2D eigenvalue weighted by molar-refractivity contribution is 5.81. The van der Waals surface area contributed by atoms with E-state index >= 15 is 0 Å². The second kappa shape index (κ2) is 6.29. The van der Waals surface area contributed by atoms with E-state index in [0.717, 1.165) is 12.8 Å². The minimum absolute atomic E-state index is 0.311. The standard InChI is InChI=1S/C16H20N2/c1-3-15-7-5-13(9-11-17-15)14-6-8-16(4-2)18-12-10-14/h5-12,15-16H,3-4H2,1-2H3. The Hall–Kier alpha value is -1.70. The van der Waals surface area contributed by atoms with Crippen LogP contribution in [-0.2, 0) is 0 Å². The Labute approximate surface area is 109 Å². The molecule has 0 aromatic heterocycles. The van der Waals surface area contributed by atoms with Crippen molar-refractivity contribution in [2.45, 2.75) is 38.8 Å². The second-order valence-electron chi connectivity index (χ2n) is 4.51. The summed E-state index contributed by atoms with van der Waals surface area (Å²) in [5.41, 5.74) is 2.41. The normalized spacial score (nSPS) is 26.6. The van der Waals surface area contributed by atoms with Crippen LogP contribution in [0.25, 0.3) is 0 Å². The molecule has 0 N–H and O–H groups in total. The van der Waals surface area contributed by atoms with Gasteiger partial charge in [-0.3, -0.25) is 9.98 Å². The molecule has 0 amide bonds. The fourth-order valence-corrected chi connectivity index (χ4v) is 1.98. The van der Waals surface area contributed by atoms with Crippen molar-refractivity contribution in [3.05, 3.63) is 47.6 Å². The molecule has 0 spiro atoms. The number of hydrogen-bond acceptors (Lipinski definition) is 2. The summed E-state index contributed by atoms with van der Waals surface area (Å²) >= 11 is 0. The van der Waals surface area contributed by atoms with Gasteiger partial charge in [0.05, 0.1) is 12.1 Å². The van der Waals surface area contributed by atoms with Crippen LogP contribution in [0.2, 0.25) is 0 Å². The van der Waals surface area contributed by atoms with Gasteiger partial charge in [-0.05, 0) is 36.1 Å². The lowest BCUT2D eigenvalue weighted by atomic mass is 10.0. The SMILES string of the molecule is CCC1C=CC(C2=CC=NC(CC)C=C2)=CC=N1. The van der Waals surface area contributed by atoms with Crippen molar-refractivity contribution in [3.8, 4) is 0 Å². The van der Waals surface area contributed by atoms with Crippen molar-refractivity contribution in [1.29, 1.82) is 0 Å². The molecule has 0 bridgehead atoms. The van der Waals surface area contributed by atoms with Crippen LogP contribution in [0.5, 0.6) is 0 Å². The molecule has 2 heteroatoms. The molecule has 2 rings (SSSR count). The van der Waals surface area contributed by atoms with Gasteiger partial charge in [-0.15, -0.1) is 0 Å². The summed E-state index contributed by atoms with van der Waals surface area (Å²) in [6.45, 7) is 4.31. The van der Waals surface area contributed by atoms with Crippen LogP contribution in [0.3, 0.4) is 0 Å². The summed E-state index contributed by atoms with van der Waals surface area (Å²) in [5.74, 6) is 0. The van der Waals surface area contributed by atoms with E-state index in [1.807, 2.05) is 12.4 Å². The summed E-state index contributed by atoms with van der Waals surface area (Å²) in [5, 5.41) is 0. The van der Waals surface area contributed by atoms with Crippen LogP contribution < -0.4 is 0 Å². The van der Waals surface area contributed by atoms with Gasteiger partial charge in [-0.1, -0.05) is 38.2 Å². The highest BCUT2D eigenvalue weighted by Gasteiger charge is 2.06. The van der Waals surface area contributed by atoms with Gasteiger partial charge in [-0.25, -0.2) is 0 Å². The van der Waals surface area contributed by atoms with E-state index in [4.69, 9.17) is 0 Å². The van der Waals surface area contributed by atoms with Crippen molar-refractivity contribution in [3.63, 3.8) is 0 Å². The fourth-order valence-electron chi connectivity index (χ4n) is 1.98. The van der Waals surface area contributed by atoms with E-state index in [1.165, 1.54) is 11.1 Å². The largest absolute Gasteiger partial charge is 0.286 e. The first-order valence-electron chi connectivity index (χ1n) is 6.67.